The molecule has 2 aliphatic heterocycles. The lowest BCUT2D eigenvalue weighted by atomic mass is 10.1. The van der Waals surface area contributed by atoms with Crippen molar-refractivity contribution in [2.45, 2.75) is 25.7 Å². The maximum absolute atomic E-state index is 12.2. The average Bonchev–Trinajstić information content (AvgIpc) is 2.90. The second-order valence-corrected chi connectivity index (χ2v) is 6.12. The Hall–Kier alpha value is -1.55. The van der Waals surface area contributed by atoms with Crippen molar-refractivity contribution in [3.63, 3.8) is 0 Å². The van der Waals surface area contributed by atoms with Crippen LogP contribution in [0.1, 0.15) is 25.7 Å². The minimum Gasteiger partial charge on any atom is -0.370 e. The fraction of sp³-hybridized carbons (Fsp3) is 0.500. The normalized spacial score (nSPS) is 22.7. The van der Waals surface area contributed by atoms with Crippen LogP contribution in [0.4, 0.5) is 11.4 Å². The Morgan fingerprint density at radius 1 is 1.10 bits per heavy atom. The molecule has 2 fully saturated rings. The summed E-state index contributed by atoms with van der Waals surface area (Å²) in [5, 5.41) is -0.415. The Morgan fingerprint density at radius 2 is 1.76 bits per heavy atom. The minimum atomic E-state index is -0.415. The molecule has 1 aromatic carbocycles. The van der Waals surface area contributed by atoms with Gasteiger partial charge < -0.3 is 9.80 Å². The zero-order valence-electron chi connectivity index (χ0n) is 11.9. The SMILES string of the molecule is O=C(Cl)C1CC(=O)N(c2ccccc2N2CCCCC2)C1. The summed E-state index contributed by atoms with van der Waals surface area (Å²) in [4.78, 5) is 27.6. The third-order valence-electron chi connectivity index (χ3n) is 4.32. The van der Waals surface area contributed by atoms with E-state index in [0.717, 1.165) is 24.5 Å². The van der Waals surface area contributed by atoms with Crippen LogP contribution in [0.15, 0.2) is 24.3 Å². The van der Waals surface area contributed by atoms with E-state index in [1.807, 2.05) is 18.2 Å². The number of amides is 1. The minimum absolute atomic E-state index is 0.0153. The molecule has 0 radical (unpaired) electrons. The molecule has 2 heterocycles. The second-order valence-electron chi connectivity index (χ2n) is 5.75. The van der Waals surface area contributed by atoms with Gasteiger partial charge in [-0.1, -0.05) is 12.1 Å². The zero-order valence-corrected chi connectivity index (χ0v) is 12.7. The molecule has 0 aliphatic carbocycles. The van der Waals surface area contributed by atoms with E-state index in [9.17, 15) is 9.59 Å². The van der Waals surface area contributed by atoms with Gasteiger partial charge in [-0.2, -0.15) is 0 Å². The van der Waals surface area contributed by atoms with E-state index in [0.29, 0.717) is 6.54 Å². The Bertz CT molecular complexity index is 555. The summed E-state index contributed by atoms with van der Waals surface area (Å²) in [7, 11) is 0. The number of nitrogens with zero attached hydrogens (tertiary/aromatic N) is 2. The molecule has 0 spiro atoms. The van der Waals surface area contributed by atoms with Crippen molar-refractivity contribution in [3.05, 3.63) is 24.3 Å². The number of anilines is 2. The lowest BCUT2D eigenvalue weighted by Crippen LogP contribution is -2.33. The van der Waals surface area contributed by atoms with Crippen LogP contribution in [0.2, 0.25) is 0 Å². The summed E-state index contributed by atoms with van der Waals surface area (Å²) < 4.78 is 0. The van der Waals surface area contributed by atoms with E-state index >= 15 is 0 Å². The number of carbonyl (C=O) groups is 2. The van der Waals surface area contributed by atoms with Gasteiger partial charge in [0.05, 0.1) is 17.3 Å². The van der Waals surface area contributed by atoms with E-state index in [4.69, 9.17) is 11.6 Å². The molecule has 1 atom stereocenters. The molecule has 0 aromatic heterocycles. The number of benzene rings is 1. The molecular formula is C16H19ClN2O2. The maximum atomic E-state index is 12.2. The van der Waals surface area contributed by atoms with Gasteiger partial charge in [0, 0.05) is 26.1 Å². The average molecular weight is 307 g/mol. The molecule has 3 rings (SSSR count). The van der Waals surface area contributed by atoms with Gasteiger partial charge in [0.25, 0.3) is 0 Å². The first-order chi connectivity index (χ1) is 10.2. The predicted octanol–water partition coefficient (Wildman–Crippen LogP) is 2.80. The number of hydrogen-bond acceptors (Lipinski definition) is 3. The van der Waals surface area contributed by atoms with E-state index in [1.165, 1.54) is 19.3 Å². The van der Waals surface area contributed by atoms with Crippen LogP contribution in [0.3, 0.4) is 0 Å². The topological polar surface area (TPSA) is 40.6 Å². The molecule has 2 aliphatic rings. The molecule has 5 heteroatoms. The van der Waals surface area contributed by atoms with Gasteiger partial charge in [0.1, 0.15) is 0 Å². The van der Waals surface area contributed by atoms with E-state index in [2.05, 4.69) is 11.0 Å². The summed E-state index contributed by atoms with van der Waals surface area (Å²) in [5.74, 6) is -0.396. The third kappa shape index (κ3) is 2.91. The first-order valence-corrected chi connectivity index (χ1v) is 7.88. The smallest absolute Gasteiger partial charge is 0.227 e. The van der Waals surface area contributed by atoms with Gasteiger partial charge in [0.2, 0.25) is 11.1 Å². The highest BCUT2D eigenvalue weighted by Crippen LogP contribution is 2.35. The lowest BCUT2D eigenvalue weighted by molar-refractivity contribution is -0.120. The summed E-state index contributed by atoms with van der Waals surface area (Å²) in [5.41, 5.74) is 2.00. The standard InChI is InChI=1S/C16H19ClN2O2/c17-16(21)12-10-15(20)19(11-12)14-7-3-2-6-13(14)18-8-4-1-5-9-18/h2-3,6-7,12H,1,4-5,8-11H2. The van der Waals surface area contributed by atoms with Crippen LogP contribution in [-0.4, -0.2) is 30.8 Å². The number of hydrogen-bond donors (Lipinski definition) is 0. The van der Waals surface area contributed by atoms with Gasteiger partial charge in [-0.05, 0) is 43.0 Å². The van der Waals surface area contributed by atoms with Crippen molar-refractivity contribution in [2.24, 2.45) is 5.92 Å². The molecule has 21 heavy (non-hydrogen) atoms. The lowest BCUT2D eigenvalue weighted by Gasteiger charge is -2.32. The first kappa shape index (κ1) is 14.4. The van der Waals surface area contributed by atoms with Crippen molar-refractivity contribution in [1.29, 1.82) is 0 Å². The van der Waals surface area contributed by atoms with Crippen LogP contribution in [-0.2, 0) is 9.59 Å². The molecular weight excluding hydrogens is 288 g/mol. The molecule has 0 saturated carbocycles. The van der Waals surface area contributed by atoms with Crippen LogP contribution in [0.25, 0.3) is 0 Å². The van der Waals surface area contributed by atoms with Crippen molar-refractivity contribution in [1.82, 2.24) is 0 Å². The van der Waals surface area contributed by atoms with Crippen molar-refractivity contribution in [2.75, 3.05) is 29.4 Å². The summed E-state index contributed by atoms with van der Waals surface area (Å²) in [6, 6.07) is 7.96. The fourth-order valence-electron chi connectivity index (χ4n) is 3.19. The van der Waals surface area contributed by atoms with Gasteiger partial charge in [-0.15, -0.1) is 0 Å². The molecule has 1 aromatic rings. The number of carbonyl (C=O) groups excluding carboxylic acids is 2. The summed E-state index contributed by atoms with van der Waals surface area (Å²) >= 11 is 5.56. The highest BCUT2D eigenvalue weighted by molar-refractivity contribution is 6.64. The number of rotatable bonds is 3. The highest BCUT2D eigenvalue weighted by atomic mass is 35.5. The molecule has 0 bridgehead atoms. The van der Waals surface area contributed by atoms with Crippen molar-refractivity contribution in [3.8, 4) is 0 Å². The monoisotopic (exact) mass is 306 g/mol. The molecule has 1 unspecified atom stereocenters. The molecule has 1 amide bonds. The molecule has 0 N–H and O–H groups in total. The predicted molar refractivity (Wildman–Crippen MR) is 83.8 cm³/mol. The third-order valence-corrected chi connectivity index (χ3v) is 4.62. The zero-order chi connectivity index (χ0) is 14.8. The van der Waals surface area contributed by atoms with Gasteiger partial charge in [-0.25, -0.2) is 0 Å². The quantitative estimate of drug-likeness (QED) is 0.806. The number of para-hydroxylation sites is 2. The van der Waals surface area contributed by atoms with Gasteiger partial charge in [-0.3, -0.25) is 9.59 Å². The van der Waals surface area contributed by atoms with Crippen LogP contribution >= 0.6 is 11.6 Å². The number of piperidine rings is 1. The van der Waals surface area contributed by atoms with Gasteiger partial charge >= 0.3 is 0 Å². The Morgan fingerprint density at radius 3 is 2.38 bits per heavy atom. The molecule has 112 valence electrons. The molecule has 2 saturated heterocycles. The fourth-order valence-corrected chi connectivity index (χ4v) is 3.33. The van der Waals surface area contributed by atoms with Crippen molar-refractivity contribution < 1.29 is 9.59 Å². The Kier molecular flexibility index (Phi) is 4.15. The Labute approximate surface area is 129 Å². The second kappa shape index (κ2) is 6.06. The van der Waals surface area contributed by atoms with E-state index < -0.39 is 5.24 Å². The summed E-state index contributed by atoms with van der Waals surface area (Å²) in [6.45, 7) is 2.44. The van der Waals surface area contributed by atoms with Crippen LogP contribution < -0.4 is 9.80 Å². The first-order valence-electron chi connectivity index (χ1n) is 7.50. The van der Waals surface area contributed by atoms with Crippen LogP contribution in [0, 0.1) is 5.92 Å². The molecule has 4 nitrogen and oxygen atoms in total. The Balaban J connectivity index is 1.88. The van der Waals surface area contributed by atoms with Gasteiger partial charge in [0.15, 0.2) is 0 Å². The largest absolute Gasteiger partial charge is 0.370 e. The van der Waals surface area contributed by atoms with E-state index in [-0.39, 0.29) is 18.2 Å². The van der Waals surface area contributed by atoms with E-state index in [1.54, 1.807) is 4.90 Å². The van der Waals surface area contributed by atoms with Crippen LogP contribution in [0.5, 0.6) is 0 Å². The number of halogens is 1. The maximum Gasteiger partial charge on any atom is 0.227 e. The summed E-state index contributed by atoms with van der Waals surface area (Å²) in [6.07, 6.45) is 3.86. The highest BCUT2D eigenvalue weighted by Gasteiger charge is 2.35. The van der Waals surface area contributed by atoms with Crippen molar-refractivity contribution >= 4 is 34.1 Å².